The number of hydrogen-bond acceptors (Lipinski definition) is 2. The van der Waals surface area contributed by atoms with Gasteiger partial charge in [-0.2, -0.15) is 0 Å². The number of piperidine rings is 1. The van der Waals surface area contributed by atoms with Crippen LogP contribution in [0.25, 0.3) is 0 Å². The molecule has 2 aliphatic rings. The Labute approximate surface area is 126 Å². The molecular formula is C16H23ClN2O. The lowest BCUT2D eigenvalue weighted by Gasteiger charge is -2.35. The maximum atomic E-state index is 12.2. The van der Waals surface area contributed by atoms with Gasteiger partial charge >= 0.3 is 0 Å². The first-order chi connectivity index (χ1) is 9.18. The Bertz CT molecular complexity index is 483. The van der Waals surface area contributed by atoms with Crippen molar-refractivity contribution in [1.29, 1.82) is 0 Å². The lowest BCUT2D eigenvalue weighted by atomic mass is 9.76. The maximum Gasteiger partial charge on any atom is 0.227 e. The van der Waals surface area contributed by atoms with Crippen LogP contribution in [0.15, 0.2) is 24.3 Å². The fraction of sp³-hybridized carbons (Fsp3) is 0.562. The molecule has 110 valence electrons. The van der Waals surface area contributed by atoms with E-state index >= 15 is 0 Å². The second kappa shape index (κ2) is 6.15. The molecule has 0 aromatic heterocycles. The number of amides is 1. The van der Waals surface area contributed by atoms with Crippen molar-refractivity contribution in [3.63, 3.8) is 0 Å². The van der Waals surface area contributed by atoms with Crippen molar-refractivity contribution < 1.29 is 4.79 Å². The largest absolute Gasteiger partial charge is 0.355 e. The summed E-state index contributed by atoms with van der Waals surface area (Å²) >= 11 is 0. The summed E-state index contributed by atoms with van der Waals surface area (Å²) in [6.45, 7) is 5.23. The quantitative estimate of drug-likeness (QED) is 0.898. The predicted octanol–water partition coefficient (Wildman–Crippen LogP) is 2.25. The van der Waals surface area contributed by atoms with E-state index < -0.39 is 0 Å². The summed E-state index contributed by atoms with van der Waals surface area (Å²) in [7, 11) is 0. The average molecular weight is 295 g/mol. The zero-order chi connectivity index (χ0) is 13.3. The molecule has 1 fully saturated rings. The molecule has 0 spiro atoms. The Morgan fingerprint density at radius 2 is 2.05 bits per heavy atom. The summed E-state index contributed by atoms with van der Waals surface area (Å²) in [6.07, 6.45) is 3.20. The highest BCUT2D eigenvalue weighted by Crippen LogP contribution is 2.35. The van der Waals surface area contributed by atoms with Gasteiger partial charge in [0.2, 0.25) is 5.91 Å². The lowest BCUT2D eigenvalue weighted by molar-refractivity contribution is -0.123. The minimum Gasteiger partial charge on any atom is -0.355 e. The van der Waals surface area contributed by atoms with E-state index in [-0.39, 0.29) is 29.6 Å². The van der Waals surface area contributed by atoms with Crippen molar-refractivity contribution in [1.82, 2.24) is 10.6 Å². The molecular weight excluding hydrogens is 272 g/mol. The van der Waals surface area contributed by atoms with E-state index in [1.165, 1.54) is 11.1 Å². The first-order valence-electron chi connectivity index (χ1n) is 7.24. The molecule has 3 rings (SSSR count). The standard InChI is InChI=1S/C16H22N2O.ClH/c1-16(6-8-17-9-7-16)11-18-15(19)14-10-12-4-2-3-5-13(12)14;/h2-5,14,17H,6-11H2,1H3,(H,18,19);1H. The van der Waals surface area contributed by atoms with Crippen molar-refractivity contribution in [2.75, 3.05) is 19.6 Å². The summed E-state index contributed by atoms with van der Waals surface area (Å²) in [4.78, 5) is 12.2. The highest BCUT2D eigenvalue weighted by molar-refractivity contribution is 5.86. The molecule has 1 heterocycles. The molecule has 4 heteroatoms. The Hall–Kier alpha value is -1.06. The predicted molar refractivity (Wildman–Crippen MR) is 83.4 cm³/mol. The van der Waals surface area contributed by atoms with E-state index in [0.717, 1.165) is 38.9 Å². The molecule has 0 radical (unpaired) electrons. The molecule has 3 nitrogen and oxygen atoms in total. The minimum absolute atomic E-state index is 0. The Morgan fingerprint density at radius 1 is 1.35 bits per heavy atom. The normalized spacial score (nSPS) is 22.9. The van der Waals surface area contributed by atoms with E-state index in [1.54, 1.807) is 0 Å². The highest BCUT2D eigenvalue weighted by Gasteiger charge is 2.33. The number of halogens is 1. The van der Waals surface area contributed by atoms with Crippen LogP contribution in [0, 0.1) is 5.41 Å². The van der Waals surface area contributed by atoms with Gasteiger partial charge < -0.3 is 10.6 Å². The van der Waals surface area contributed by atoms with Crippen LogP contribution in [0.2, 0.25) is 0 Å². The number of carbonyl (C=O) groups is 1. The number of fused-ring (bicyclic) bond motifs is 1. The van der Waals surface area contributed by atoms with Gasteiger partial charge in [-0.15, -0.1) is 12.4 Å². The molecule has 0 saturated carbocycles. The third-order valence-corrected chi connectivity index (χ3v) is 4.67. The van der Waals surface area contributed by atoms with Gasteiger partial charge in [-0.25, -0.2) is 0 Å². The lowest BCUT2D eigenvalue weighted by Crippen LogP contribution is -2.45. The molecule has 2 N–H and O–H groups in total. The summed E-state index contributed by atoms with van der Waals surface area (Å²) < 4.78 is 0. The fourth-order valence-corrected chi connectivity index (χ4v) is 3.12. The Kier molecular flexibility index (Phi) is 4.71. The molecule has 20 heavy (non-hydrogen) atoms. The van der Waals surface area contributed by atoms with Crippen LogP contribution in [0.1, 0.15) is 36.8 Å². The van der Waals surface area contributed by atoms with Gasteiger partial charge in [0.25, 0.3) is 0 Å². The van der Waals surface area contributed by atoms with Crippen molar-refractivity contribution in [3.05, 3.63) is 35.4 Å². The maximum absolute atomic E-state index is 12.2. The number of carbonyl (C=O) groups excluding carboxylic acids is 1. The second-order valence-corrected chi connectivity index (χ2v) is 6.23. The van der Waals surface area contributed by atoms with Crippen LogP contribution in [-0.2, 0) is 11.2 Å². The molecule has 1 saturated heterocycles. The van der Waals surface area contributed by atoms with Gasteiger partial charge in [0.1, 0.15) is 0 Å². The Morgan fingerprint density at radius 3 is 2.75 bits per heavy atom. The minimum atomic E-state index is 0. The van der Waals surface area contributed by atoms with Crippen LogP contribution < -0.4 is 10.6 Å². The van der Waals surface area contributed by atoms with E-state index in [1.807, 2.05) is 12.1 Å². The van der Waals surface area contributed by atoms with E-state index in [4.69, 9.17) is 0 Å². The van der Waals surface area contributed by atoms with E-state index in [0.29, 0.717) is 0 Å². The summed E-state index contributed by atoms with van der Waals surface area (Å²) in [5.41, 5.74) is 2.82. The average Bonchev–Trinajstić information content (AvgIpc) is 2.39. The molecule has 0 bridgehead atoms. The highest BCUT2D eigenvalue weighted by atomic mass is 35.5. The smallest absolute Gasteiger partial charge is 0.227 e. The van der Waals surface area contributed by atoms with E-state index in [9.17, 15) is 4.79 Å². The topological polar surface area (TPSA) is 41.1 Å². The van der Waals surface area contributed by atoms with Crippen LogP contribution in [0.5, 0.6) is 0 Å². The number of rotatable bonds is 3. The van der Waals surface area contributed by atoms with Crippen molar-refractivity contribution >= 4 is 18.3 Å². The summed E-state index contributed by atoms with van der Waals surface area (Å²) in [6, 6.07) is 8.26. The fourth-order valence-electron chi connectivity index (χ4n) is 3.12. The molecule has 1 aromatic carbocycles. The van der Waals surface area contributed by atoms with Gasteiger partial charge in [0.05, 0.1) is 5.92 Å². The van der Waals surface area contributed by atoms with Crippen LogP contribution in [0.4, 0.5) is 0 Å². The summed E-state index contributed by atoms with van der Waals surface area (Å²) in [5, 5.41) is 6.54. The van der Waals surface area contributed by atoms with Crippen LogP contribution in [-0.4, -0.2) is 25.5 Å². The molecule has 1 amide bonds. The van der Waals surface area contributed by atoms with Gasteiger partial charge in [0.15, 0.2) is 0 Å². The van der Waals surface area contributed by atoms with Gasteiger partial charge in [-0.1, -0.05) is 31.2 Å². The monoisotopic (exact) mass is 294 g/mol. The van der Waals surface area contributed by atoms with Crippen LogP contribution >= 0.6 is 12.4 Å². The molecule has 1 aliphatic carbocycles. The molecule has 1 aliphatic heterocycles. The third-order valence-electron chi connectivity index (χ3n) is 4.67. The van der Waals surface area contributed by atoms with Gasteiger partial charge in [-0.05, 0) is 48.9 Å². The molecule has 1 atom stereocenters. The molecule has 1 aromatic rings. The number of hydrogen-bond donors (Lipinski definition) is 2. The number of nitrogens with one attached hydrogen (secondary N) is 2. The van der Waals surface area contributed by atoms with E-state index in [2.05, 4.69) is 29.7 Å². The zero-order valence-corrected chi connectivity index (χ0v) is 12.8. The Balaban J connectivity index is 0.00000147. The SMILES string of the molecule is CC1(CNC(=O)C2Cc3ccccc32)CCNCC1.Cl. The van der Waals surface area contributed by atoms with Crippen LogP contribution in [0.3, 0.4) is 0 Å². The first-order valence-corrected chi connectivity index (χ1v) is 7.24. The first kappa shape index (κ1) is 15.3. The van der Waals surface area contributed by atoms with Crippen molar-refractivity contribution in [3.8, 4) is 0 Å². The van der Waals surface area contributed by atoms with Gasteiger partial charge in [0, 0.05) is 6.54 Å². The van der Waals surface area contributed by atoms with Gasteiger partial charge in [-0.3, -0.25) is 4.79 Å². The zero-order valence-electron chi connectivity index (χ0n) is 11.9. The summed E-state index contributed by atoms with van der Waals surface area (Å²) in [5.74, 6) is 0.292. The molecule has 1 unspecified atom stereocenters. The third kappa shape index (κ3) is 2.99. The number of benzene rings is 1. The second-order valence-electron chi connectivity index (χ2n) is 6.23. The van der Waals surface area contributed by atoms with Crippen molar-refractivity contribution in [2.24, 2.45) is 5.41 Å². The van der Waals surface area contributed by atoms with Crippen molar-refractivity contribution in [2.45, 2.75) is 32.1 Å².